The number of hydrogen-bond donors (Lipinski definition) is 1. The molecular formula is C11H16FNO. The Morgan fingerprint density at radius 1 is 1.36 bits per heavy atom. The van der Waals surface area contributed by atoms with Crippen LogP contribution in [0, 0.1) is 5.82 Å². The molecule has 0 aromatic heterocycles. The van der Waals surface area contributed by atoms with E-state index < -0.39 is 0 Å². The lowest BCUT2D eigenvalue weighted by Crippen LogP contribution is -2.11. The molecular weight excluding hydrogens is 181 g/mol. The molecule has 0 heterocycles. The minimum Gasteiger partial charge on any atom is -0.305 e. The Kier molecular flexibility index (Phi) is 4.04. The lowest BCUT2D eigenvalue weighted by atomic mass is 10.0. The SMILES string of the molecule is CONCc1cc(F)cc(C(C)C)c1. The van der Waals surface area contributed by atoms with Crippen LogP contribution in [0.25, 0.3) is 0 Å². The van der Waals surface area contributed by atoms with Crippen molar-refractivity contribution in [1.82, 2.24) is 5.48 Å². The lowest BCUT2D eigenvalue weighted by Gasteiger charge is -2.09. The zero-order valence-electron chi connectivity index (χ0n) is 8.80. The summed E-state index contributed by atoms with van der Waals surface area (Å²) >= 11 is 0. The average Bonchev–Trinajstić information content (AvgIpc) is 2.14. The summed E-state index contributed by atoms with van der Waals surface area (Å²) in [7, 11) is 1.54. The number of hydroxylamine groups is 1. The summed E-state index contributed by atoms with van der Waals surface area (Å²) in [5.74, 6) is 0.149. The monoisotopic (exact) mass is 197 g/mol. The number of halogens is 1. The largest absolute Gasteiger partial charge is 0.305 e. The van der Waals surface area contributed by atoms with Crippen molar-refractivity contribution < 1.29 is 9.23 Å². The summed E-state index contributed by atoms with van der Waals surface area (Å²) in [6.45, 7) is 4.61. The molecule has 0 saturated heterocycles. The van der Waals surface area contributed by atoms with Crippen molar-refractivity contribution in [2.45, 2.75) is 26.3 Å². The number of benzene rings is 1. The first-order valence-electron chi connectivity index (χ1n) is 4.68. The molecule has 0 amide bonds. The summed E-state index contributed by atoms with van der Waals surface area (Å²) in [5, 5.41) is 0. The third-order valence-electron chi connectivity index (χ3n) is 2.07. The minimum atomic E-state index is -0.191. The Morgan fingerprint density at radius 2 is 2.07 bits per heavy atom. The van der Waals surface area contributed by atoms with E-state index >= 15 is 0 Å². The Hall–Kier alpha value is -0.930. The highest BCUT2D eigenvalue weighted by Crippen LogP contribution is 2.17. The van der Waals surface area contributed by atoms with E-state index in [9.17, 15) is 4.39 Å². The van der Waals surface area contributed by atoms with E-state index in [1.165, 1.54) is 6.07 Å². The summed E-state index contributed by atoms with van der Waals surface area (Å²) in [4.78, 5) is 4.71. The third kappa shape index (κ3) is 3.09. The molecule has 0 bridgehead atoms. The van der Waals surface area contributed by atoms with Gasteiger partial charge in [0.1, 0.15) is 5.82 Å². The molecule has 0 saturated carbocycles. The lowest BCUT2D eigenvalue weighted by molar-refractivity contribution is 0.0866. The molecule has 0 atom stereocenters. The molecule has 0 aliphatic heterocycles. The minimum absolute atomic E-state index is 0.191. The molecule has 14 heavy (non-hydrogen) atoms. The van der Waals surface area contributed by atoms with Gasteiger partial charge in [0.2, 0.25) is 0 Å². The maximum absolute atomic E-state index is 13.1. The Morgan fingerprint density at radius 3 is 2.64 bits per heavy atom. The van der Waals surface area contributed by atoms with Crippen LogP contribution in [0.15, 0.2) is 18.2 Å². The molecule has 78 valence electrons. The third-order valence-corrected chi connectivity index (χ3v) is 2.07. The van der Waals surface area contributed by atoms with Crippen molar-refractivity contribution in [2.75, 3.05) is 7.11 Å². The fourth-order valence-electron chi connectivity index (χ4n) is 1.27. The normalized spacial score (nSPS) is 10.9. The van der Waals surface area contributed by atoms with Crippen LogP contribution in [0.3, 0.4) is 0 Å². The zero-order chi connectivity index (χ0) is 10.6. The fourth-order valence-corrected chi connectivity index (χ4v) is 1.27. The second kappa shape index (κ2) is 5.08. The topological polar surface area (TPSA) is 21.3 Å². The van der Waals surface area contributed by atoms with Crippen molar-refractivity contribution in [1.29, 1.82) is 0 Å². The highest BCUT2D eigenvalue weighted by molar-refractivity contribution is 5.26. The molecule has 0 radical (unpaired) electrons. The maximum Gasteiger partial charge on any atom is 0.123 e. The first kappa shape index (κ1) is 11.1. The summed E-state index contributed by atoms with van der Waals surface area (Å²) in [6.07, 6.45) is 0. The van der Waals surface area contributed by atoms with Gasteiger partial charge in [-0.15, -0.1) is 0 Å². The van der Waals surface area contributed by atoms with Gasteiger partial charge in [0.25, 0.3) is 0 Å². The Labute approximate surface area is 84.0 Å². The zero-order valence-corrected chi connectivity index (χ0v) is 8.80. The van der Waals surface area contributed by atoms with Gasteiger partial charge < -0.3 is 4.84 Å². The average molecular weight is 197 g/mol. The van der Waals surface area contributed by atoms with Crippen LogP contribution < -0.4 is 5.48 Å². The quantitative estimate of drug-likeness (QED) is 0.749. The highest BCUT2D eigenvalue weighted by atomic mass is 19.1. The predicted octanol–water partition coefficient (Wildman–Crippen LogP) is 2.60. The van der Waals surface area contributed by atoms with Crippen LogP contribution >= 0.6 is 0 Å². The summed E-state index contributed by atoms with van der Waals surface area (Å²) in [5.41, 5.74) is 4.60. The van der Waals surface area contributed by atoms with Gasteiger partial charge in [-0.25, -0.2) is 4.39 Å². The van der Waals surface area contributed by atoms with E-state index in [0.29, 0.717) is 12.5 Å². The standard InChI is InChI=1S/C11H16FNO/c1-8(2)10-4-9(7-13-14-3)5-11(12)6-10/h4-6,8,13H,7H2,1-3H3. The first-order valence-corrected chi connectivity index (χ1v) is 4.68. The van der Waals surface area contributed by atoms with Gasteiger partial charge >= 0.3 is 0 Å². The first-order chi connectivity index (χ1) is 6.63. The van der Waals surface area contributed by atoms with Crippen molar-refractivity contribution in [3.8, 4) is 0 Å². The molecule has 0 spiro atoms. The molecule has 2 nitrogen and oxygen atoms in total. The highest BCUT2D eigenvalue weighted by Gasteiger charge is 2.03. The van der Waals surface area contributed by atoms with Gasteiger partial charge in [0.15, 0.2) is 0 Å². The van der Waals surface area contributed by atoms with Gasteiger partial charge in [-0.2, -0.15) is 5.48 Å². The molecule has 0 aliphatic rings. The van der Waals surface area contributed by atoms with E-state index in [1.807, 2.05) is 19.9 Å². The van der Waals surface area contributed by atoms with E-state index in [-0.39, 0.29) is 5.82 Å². The summed E-state index contributed by atoms with van der Waals surface area (Å²) in [6, 6.07) is 5.07. The van der Waals surface area contributed by atoms with E-state index in [1.54, 1.807) is 13.2 Å². The number of rotatable bonds is 4. The molecule has 1 aromatic rings. The van der Waals surface area contributed by atoms with Gasteiger partial charge in [0.05, 0.1) is 7.11 Å². The van der Waals surface area contributed by atoms with E-state index in [2.05, 4.69) is 5.48 Å². The van der Waals surface area contributed by atoms with Crippen molar-refractivity contribution in [3.63, 3.8) is 0 Å². The second-order valence-corrected chi connectivity index (χ2v) is 3.57. The molecule has 0 fully saturated rings. The van der Waals surface area contributed by atoms with Gasteiger partial charge in [0, 0.05) is 6.54 Å². The summed E-state index contributed by atoms with van der Waals surface area (Å²) < 4.78 is 13.1. The van der Waals surface area contributed by atoms with Crippen LogP contribution in [0.2, 0.25) is 0 Å². The van der Waals surface area contributed by atoms with Crippen LogP contribution in [0.4, 0.5) is 4.39 Å². The molecule has 0 unspecified atom stereocenters. The molecule has 1 rings (SSSR count). The Balaban J connectivity index is 2.84. The molecule has 0 aliphatic carbocycles. The smallest absolute Gasteiger partial charge is 0.123 e. The van der Waals surface area contributed by atoms with Crippen LogP contribution in [-0.4, -0.2) is 7.11 Å². The predicted molar refractivity (Wildman–Crippen MR) is 54.3 cm³/mol. The van der Waals surface area contributed by atoms with Gasteiger partial charge in [-0.05, 0) is 29.2 Å². The Bertz CT molecular complexity index is 299. The molecule has 1 aromatic carbocycles. The van der Waals surface area contributed by atoms with Crippen molar-refractivity contribution in [3.05, 3.63) is 35.1 Å². The number of hydrogen-bond acceptors (Lipinski definition) is 2. The van der Waals surface area contributed by atoms with E-state index in [4.69, 9.17) is 4.84 Å². The second-order valence-electron chi connectivity index (χ2n) is 3.57. The van der Waals surface area contributed by atoms with Crippen molar-refractivity contribution in [2.24, 2.45) is 0 Å². The molecule has 1 N–H and O–H groups in total. The fraction of sp³-hybridized carbons (Fsp3) is 0.455. The van der Waals surface area contributed by atoms with Crippen molar-refractivity contribution >= 4 is 0 Å². The van der Waals surface area contributed by atoms with Crippen LogP contribution in [-0.2, 0) is 11.4 Å². The molecule has 3 heteroatoms. The number of nitrogens with one attached hydrogen (secondary N) is 1. The van der Waals surface area contributed by atoms with Gasteiger partial charge in [-0.1, -0.05) is 19.9 Å². The van der Waals surface area contributed by atoms with Gasteiger partial charge in [-0.3, -0.25) is 0 Å². The van der Waals surface area contributed by atoms with Crippen LogP contribution in [0.5, 0.6) is 0 Å². The van der Waals surface area contributed by atoms with Crippen LogP contribution in [0.1, 0.15) is 30.9 Å². The maximum atomic E-state index is 13.1. The van der Waals surface area contributed by atoms with E-state index in [0.717, 1.165) is 11.1 Å².